The van der Waals surface area contributed by atoms with Gasteiger partial charge in [-0.05, 0) is 52.4 Å². The predicted octanol–water partition coefficient (Wildman–Crippen LogP) is 4.63. The third kappa shape index (κ3) is 6.70. The molecule has 4 nitrogen and oxygen atoms in total. The van der Waals surface area contributed by atoms with Crippen LogP contribution >= 0.6 is 0 Å². The molecule has 4 heteroatoms. The van der Waals surface area contributed by atoms with E-state index in [1.807, 2.05) is 20.8 Å². The van der Waals surface area contributed by atoms with Crippen molar-refractivity contribution in [3.8, 4) is 0 Å². The molecule has 0 aliphatic heterocycles. The molecule has 0 saturated heterocycles. The standard InChI is InChI=1S/C19H38N2O2/c1-7-15-12-10-11-13-16(15)20-14-19(8-2,9-3)21-17(22)23-18(4,5)6/h15-16,20H,7-14H2,1-6H3,(H,21,22). The van der Waals surface area contributed by atoms with Crippen LogP contribution in [0.3, 0.4) is 0 Å². The van der Waals surface area contributed by atoms with Crippen LogP contribution < -0.4 is 10.6 Å². The molecule has 136 valence electrons. The Morgan fingerprint density at radius 2 is 1.70 bits per heavy atom. The van der Waals surface area contributed by atoms with E-state index >= 15 is 0 Å². The highest BCUT2D eigenvalue weighted by molar-refractivity contribution is 5.68. The van der Waals surface area contributed by atoms with E-state index in [-0.39, 0.29) is 11.6 Å². The van der Waals surface area contributed by atoms with E-state index in [4.69, 9.17) is 4.74 Å². The largest absolute Gasteiger partial charge is 0.444 e. The van der Waals surface area contributed by atoms with Gasteiger partial charge in [0.25, 0.3) is 0 Å². The summed E-state index contributed by atoms with van der Waals surface area (Å²) in [5, 5.41) is 6.90. The Kier molecular flexibility index (Phi) is 7.85. The molecular weight excluding hydrogens is 288 g/mol. The summed E-state index contributed by atoms with van der Waals surface area (Å²) >= 11 is 0. The maximum atomic E-state index is 12.2. The molecule has 1 aliphatic rings. The topological polar surface area (TPSA) is 50.4 Å². The van der Waals surface area contributed by atoms with Crippen LogP contribution in [0, 0.1) is 5.92 Å². The van der Waals surface area contributed by atoms with Crippen LogP contribution in [0.25, 0.3) is 0 Å². The van der Waals surface area contributed by atoms with E-state index in [1.165, 1.54) is 32.1 Å². The molecule has 0 aromatic heterocycles. The first-order valence-corrected chi connectivity index (χ1v) is 9.49. The molecule has 0 heterocycles. The van der Waals surface area contributed by atoms with Gasteiger partial charge < -0.3 is 15.4 Å². The van der Waals surface area contributed by atoms with E-state index in [2.05, 4.69) is 31.4 Å². The highest BCUT2D eigenvalue weighted by Crippen LogP contribution is 2.27. The van der Waals surface area contributed by atoms with E-state index in [0.717, 1.165) is 25.3 Å². The van der Waals surface area contributed by atoms with E-state index in [9.17, 15) is 4.79 Å². The number of ether oxygens (including phenoxy) is 1. The average molecular weight is 327 g/mol. The van der Waals surface area contributed by atoms with E-state index in [1.54, 1.807) is 0 Å². The summed E-state index contributed by atoms with van der Waals surface area (Å²) in [7, 11) is 0. The van der Waals surface area contributed by atoms with Gasteiger partial charge in [-0.15, -0.1) is 0 Å². The average Bonchev–Trinajstić information content (AvgIpc) is 2.50. The SMILES string of the molecule is CCC1CCCCC1NCC(CC)(CC)NC(=O)OC(C)(C)C. The molecule has 1 aliphatic carbocycles. The van der Waals surface area contributed by atoms with Gasteiger partial charge in [-0.25, -0.2) is 4.79 Å². The third-order valence-electron chi connectivity index (χ3n) is 5.26. The van der Waals surface area contributed by atoms with Gasteiger partial charge in [0, 0.05) is 12.6 Å². The highest BCUT2D eigenvalue weighted by atomic mass is 16.6. The molecule has 0 aromatic rings. The molecule has 23 heavy (non-hydrogen) atoms. The molecule has 2 N–H and O–H groups in total. The molecule has 1 fully saturated rings. The molecule has 0 radical (unpaired) electrons. The summed E-state index contributed by atoms with van der Waals surface area (Å²) in [4.78, 5) is 12.2. The minimum absolute atomic E-state index is 0.224. The predicted molar refractivity (Wildman–Crippen MR) is 96.7 cm³/mol. The van der Waals surface area contributed by atoms with Crippen LogP contribution in [0.4, 0.5) is 4.79 Å². The summed E-state index contributed by atoms with van der Waals surface area (Å²) in [5.41, 5.74) is -0.681. The Morgan fingerprint density at radius 1 is 1.09 bits per heavy atom. The van der Waals surface area contributed by atoms with Crippen LogP contribution in [0.15, 0.2) is 0 Å². The fourth-order valence-corrected chi connectivity index (χ4v) is 3.53. The molecule has 0 spiro atoms. The molecule has 2 atom stereocenters. The molecule has 1 rings (SSSR count). The number of alkyl carbamates (subject to hydrolysis) is 1. The zero-order valence-corrected chi connectivity index (χ0v) is 16.1. The summed E-state index contributed by atoms with van der Waals surface area (Å²) in [6.07, 6.45) is 8.01. The molecule has 0 aromatic carbocycles. The number of hydrogen-bond acceptors (Lipinski definition) is 3. The number of carbonyl (C=O) groups excluding carboxylic acids is 1. The summed E-state index contributed by atoms with van der Waals surface area (Å²) in [6.45, 7) is 13.1. The van der Waals surface area contributed by atoms with Crippen molar-refractivity contribution in [1.29, 1.82) is 0 Å². The lowest BCUT2D eigenvalue weighted by Crippen LogP contribution is -2.57. The van der Waals surface area contributed by atoms with Gasteiger partial charge in [0.05, 0.1) is 5.54 Å². The van der Waals surface area contributed by atoms with Gasteiger partial charge in [0.2, 0.25) is 0 Å². The Morgan fingerprint density at radius 3 is 2.22 bits per heavy atom. The van der Waals surface area contributed by atoms with Gasteiger partial charge in [0.15, 0.2) is 0 Å². The van der Waals surface area contributed by atoms with E-state index < -0.39 is 5.60 Å². The monoisotopic (exact) mass is 326 g/mol. The second kappa shape index (κ2) is 8.91. The van der Waals surface area contributed by atoms with Crippen molar-refractivity contribution in [2.45, 2.75) is 104 Å². The van der Waals surface area contributed by atoms with Crippen molar-refractivity contribution in [1.82, 2.24) is 10.6 Å². The van der Waals surface area contributed by atoms with Gasteiger partial charge >= 0.3 is 6.09 Å². The Labute approximate surface area is 143 Å². The van der Waals surface area contributed by atoms with Crippen LogP contribution in [-0.4, -0.2) is 29.8 Å². The number of nitrogens with one attached hydrogen (secondary N) is 2. The van der Waals surface area contributed by atoms with Crippen molar-refractivity contribution in [3.05, 3.63) is 0 Å². The lowest BCUT2D eigenvalue weighted by atomic mass is 9.82. The lowest BCUT2D eigenvalue weighted by molar-refractivity contribution is 0.0440. The van der Waals surface area contributed by atoms with Gasteiger partial charge in [-0.1, -0.05) is 40.0 Å². The molecule has 2 unspecified atom stereocenters. The number of hydrogen-bond donors (Lipinski definition) is 2. The Bertz CT molecular complexity index is 359. The zero-order chi connectivity index (χ0) is 17.5. The summed E-state index contributed by atoms with van der Waals surface area (Å²) in [6, 6.07) is 0.590. The lowest BCUT2D eigenvalue weighted by Gasteiger charge is -2.38. The quantitative estimate of drug-likeness (QED) is 0.717. The maximum Gasteiger partial charge on any atom is 0.408 e. The van der Waals surface area contributed by atoms with Crippen LogP contribution in [0.2, 0.25) is 0 Å². The molecule has 1 saturated carbocycles. The number of amides is 1. The number of rotatable bonds is 7. The van der Waals surface area contributed by atoms with Crippen LogP contribution in [0.1, 0.15) is 86.5 Å². The van der Waals surface area contributed by atoms with E-state index in [0.29, 0.717) is 6.04 Å². The molecular formula is C19H38N2O2. The molecule has 0 bridgehead atoms. The Balaban J connectivity index is 2.63. The van der Waals surface area contributed by atoms with Crippen LogP contribution in [-0.2, 0) is 4.74 Å². The first-order chi connectivity index (χ1) is 10.7. The van der Waals surface area contributed by atoms with Crippen LogP contribution in [0.5, 0.6) is 0 Å². The third-order valence-corrected chi connectivity index (χ3v) is 5.26. The van der Waals surface area contributed by atoms with Gasteiger partial charge in [-0.3, -0.25) is 0 Å². The second-order valence-corrected chi connectivity index (χ2v) is 8.05. The fraction of sp³-hybridized carbons (Fsp3) is 0.947. The van der Waals surface area contributed by atoms with Gasteiger partial charge in [0.1, 0.15) is 5.60 Å². The normalized spacial score (nSPS) is 22.7. The van der Waals surface area contributed by atoms with Crippen molar-refractivity contribution < 1.29 is 9.53 Å². The van der Waals surface area contributed by atoms with Crippen molar-refractivity contribution in [3.63, 3.8) is 0 Å². The smallest absolute Gasteiger partial charge is 0.408 e. The molecule has 1 amide bonds. The minimum atomic E-state index is -0.457. The first-order valence-electron chi connectivity index (χ1n) is 9.49. The van der Waals surface area contributed by atoms with Crippen molar-refractivity contribution in [2.75, 3.05) is 6.54 Å². The Hall–Kier alpha value is -0.770. The number of carbonyl (C=O) groups is 1. The fourth-order valence-electron chi connectivity index (χ4n) is 3.53. The summed E-state index contributed by atoms with van der Waals surface area (Å²) in [5.74, 6) is 0.775. The second-order valence-electron chi connectivity index (χ2n) is 8.05. The maximum absolute atomic E-state index is 12.2. The first kappa shape index (κ1) is 20.3. The van der Waals surface area contributed by atoms with Crippen molar-refractivity contribution >= 4 is 6.09 Å². The highest BCUT2D eigenvalue weighted by Gasteiger charge is 2.32. The minimum Gasteiger partial charge on any atom is -0.444 e. The van der Waals surface area contributed by atoms with Gasteiger partial charge in [-0.2, -0.15) is 0 Å². The zero-order valence-electron chi connectivity index (χ0n) is 16.1. The summed E-state index contributed by atoms with van der Waals surface area (Å²) < 4.78 is 5.45. The van der Waals surface area contributed by atoms with Crippen molar-refractivity contribution in [2.24, 2.45) is 5.92 Å².